The Labute approximate surface area is 131 Å². The van der Waals surface area contributed by atoms with Gasteiger partial charge in [-0.3, -0.25) is 10.1 Å². The first-order chi connectivity index (χ1) is 9.93. The van der Waals surface area contributed by atoms with Gasteiger partial charge in [0.15, 0.2) is 6.61 Å². The third-order valence-electron chi connectivity index (χ3n) is 2.15. The number of nitrogens with one attached hydrogen (secondary N) is 2. The zero-order valence-corrected chi connectivity index (χ0v) is 12.6. The summed E-state index contributed by atoms with van der Waals surface area (Å²) < 4.78 is 4.72. The van der Waals surface area contributed by atoms with E-state index in [-0.39, 0.29) is 15.7 Å². The number of imide groups is 1. The molecule has 0 fully saturated rings. The maximum atomic E-state index is 11.6. The van der Waals surface area contributed by atoms with Gasteiger partial charge in [-0.25, -0.2) is 14.6 Å². The number of nitrogens with zero attached hydrogens (tertiary/aromatic N) is 1. The summed E-state index contributed by atoms with van der Waals surface area (Å²) in [6.07, 6.45) is 1.91. The van der Waals surface area contributed by atoms with Crippen LogP contribution >= 0.6 is 23.2 Å². The van der Waals surface area contributed by atoms with Gasteiger partial charge in [-0.1, -0.05) is 30.1 Å². The Balaban J connectivity index is 2.43. The fraction of sp³-hybridized carbons (Fsp3) is 0.333. The van der Waals surface area contributed by atoms with Crippen molar-refractivity contribution >= 4 is 41.1 Å². The number of carbonyl (C=O) groups is 3. The molecule has 3 amide bonds. The second-order valence-electron chi connectivity index (χ2n) is 3.88. The number of amides is 3. The van der Waals surface area contributed by atoms with Crippen molar-refractivity contribution in [3.05, 3.63) is 28.0 Å². The molecule has 9 heteroatoms. The average Bonchev–Trinajstić information content (AvgIpc) is 2.45. The molecule has 0 bridgehead atoms. The number of carbonyl (C=O) groups excluding carboxylic acids is 3. The fourth-order valence-corrected chi connectivity index (χ4v) is 1.46. The maximum absolute atomic E-state index is 11.6. The van der Waals surface area contributed by atoms with E-state index in [1.165, 1.54) is 12.3 Å². The molecule has 21 heavy (non-hydrogen) atoms. The number of halogens is 2. The van der Waals surface area contributed by atoms with E-state index in [0.29, 0.717) is 6.54 Å². The van der Waals surface area contributed by atoms with Crippen LogP contribution in [0.25, 0.3) is 0 Å². The highest BCUT2D eigenvalue weighted by atomic mass is 35.5. The Morgan fingerprint density at radius 2 is 2.05 bits per heavy atom. The summed E-state index contributed by atoms with van der Waals surface area (Å²) in [5.41, 5.74) is 0.0487. The molecule has 7 nitrogen and oxygen atoms in total. The molecule has 1 heterocycles. The van der Waals surface area contributed by atoms with Gasteiger partial charge in [0.2, 0.25) is 0 Å². The van der Waals surface area contributed by atoms with Crippen molar-refractivity contribution in [2.45, 2.75) is 13.3 Å². The van der Waals surface area contributed by atoms with Crippen molar-refractivity contribution in [2.75, 3.05) is 13.2 Å². The summed E-state index contributed by atoms with van der Waals surface area (Å²) >= 11 is 11.3. The molecule has 0 saturated carbocycles. The number of esters is 1. The van der Waals surface area contributed by atoms with Gasteiger partial charge in [0.05, 0.1) is 10.6 Å². The first-order valence-corrected chi connectivity index (χ1v) is 6.75. The number of urea groups is 1. The van der Waals surface area contributed by atoms with Gasteiger partial charge in [-0.15, -0.1) is 0 Å². The molecule has 0 unspecified atom stereocenters. The molecule has 0 radical (unpaired) electrons. The average molecular weight is 334 g/mol. The van der Waals surface area contributed by atoms with Crippen LogP contribution in [-0.2, 0) is 9.53 Å². The zero-order chi connectivity index (χ0) is 15.8. The summed E-state index contributed by atoms with van der Waals surface area (Å²) in [4.78, 5) is 37.8. The van der Waals surface area contributed by atoms with Gasteiger partial charge in [-0.05, 0) is 12.5 Å². The van der Waals surface area contributed by atoms with Gasteiger partial charge in [0.25, 0.3) is 5.91 Å². The van der Waals surface area contributed by atoms with E-state index >= 15 is 0 Å². The summed E-state index contributed by atoms with van der Waals surface area (Å²) in [6, 6.07) is 0.625. The van der Waals surface area contributed by atoms with E-state index in [2.05, 4.69) is 10.3 Å². The SMILES string of the molecule is CCCNC(=O)NC(=O)COC(=O)c1cnc(Cl)c(Cl)c1. The molecule has 0 aliphatic rings. The van der Waals surface area contributed by atoms with Crippen molar-refractivity contribution in [3.63, 3.8) is 0 Å². The van der Waals surface area contributed by atoms with Crippen LogP contribution in [0.1, 0.15) is 23.7 Å². The second-order valence-corrected chi connectivity index (χ2v) is 4.64. The van der Waals surface area contributed by atoms with Crippen LogP contribution < -0.4 is 10.6 Å². The molecule has 2 N–H and O–H groups in total. The van der Waals surface area contributed by atoms with Crippen molar-refractivity contribution in [3.8, 4) is 0 Å². The molecule has 0 aliphatic carbocycles. The minimum Gasteiger partial charge on any atom is -0.452 e. The first-order valence-electron chi connectivity index (χ1n) is 6.00. The lowest BCUT2D eigenvalue weighted by molar-refractivity contribution is -0.123. The number of aromatic nitrogens is 1. The summed E-state index contributed by atoms with van der Waals surface area (Å²) in [7, 11) is 0. The van der Waals surface area contributed by atoms with E-state index in [1.54, 1.807) is 0 Å². The van der Waals surface area contributed by atoms with Gasteiger partial charge in [0.1, 0.15) is 5.15 Å². The quantitative estimate of drug-likeness (QED) is 0.632. The topological polar surface area (TPSA) is 97.4 Å². The summed E-state index contributed by atoms with van der Waals surface area (Å²) in [6.45, 7) is 1.71. The lowest BCUT2D eigenvalue weighted by Gasteiger charge is -2.07. The molecule has 0 atom stereocenters. The van der Waals surface area contributed by atoms with E-state index in [9.17, 15) is 14.4 Å². The largest absolute Gasteiger partial charge is 0.452 e. The number of hydrogen-bond donors (Lipinski definition) is 2. The van der Waals surface area contributed by atoms with E-state index in [4.69, 9.17) is 27.9 Å². The number of ether oxygens (including phenoxy) is 1. The maximum Gasteiger partial charge on any atom is 0.340 e. The number of pyridine rings is 1. The molecular formula is C12H13Cl2N3O4. The molecular weight excluding hydrogens is 321 g/mol. The Hall–Kier alpha value is -1.86. The highest BCUT2D eigenvalue weighted by Crippen LogP contribution is 2.19. The molecule has 1 rings (SSSR count). The van der Waals surface area contributed by atoms with Crippen molar-refractivity contribution in [1.82, 2.24) is 15.6 Å². The smallest absolute Gasteiger partial charge is 0.340 e. The van der Waals surface area contributed by atoms with Crippen LogP contribution in [0, 0.1) is 0 Å². The Morgan fingerprint density at radius 3 is 2.67 bits per heavy atom. The van der Waals surface area contributed by atoms with Crippen LogP contribution in [-0.4, -0.2) is 36.0 Å². The third-order valence-corrected chi connectivity index (χ3v) is 2.84. The molecule has 0 saturated heterocycles. The van der Waals surface area contributed by atoms with Gasteiger partial charge < -0.3 is 10.1 Å². The standard InChI is InChI=1S/C12H13Cl2N3O4/c1-2-3-15-12(20)17-9(18)6-21-11(19)7-4-8(13)10(14)16-5-7/h4-5H,2-3,6H2,1H3,(H2,15,17,18,20). The fourth-order valence-electron chi connectivity index (χ4n) is 1.19. The van der Waals surface area contributed by atoms with Gasteiger partial charge in [-0.2, -0.15) is 0 Å². The molecule has 1 aromatic rings. The summed E-state index contributed by atoms with van der Waals surface area (Å²) in [5.74, 6) is -1.55. The molecule has 1 aromatic heterocycles. The number of hydrogen-bond acceptors (Lipinski definition) is 5. The second kappa shape index (κ2) is 8.43. The molecule has 114 valence electrons. The Morgan fingerprint density at radius 1 is 1.33 bits per heavy atom. The van der Waals surface area contributed by atoms with E-state index in [0.717, 1.165) is 6.42 Å². The predicted molar refractivity (Wildman–Crippen MR) is 76.4 cm³/mol. The molecule has 0 spiro atoms. The highest BCUT2D eigenvalue weighted by molar-refractivity contribution is 6.41. The highest BCUT2D eigenvalue weighted by Gasteiger charge is 2.13. The molecule has 0 aliphatic heterocycles. The van der Waals surface area contributed by atoms with E-state index in [1.807, 2.05) is 12.2 Å². The lowest BCUT2D eigenvalue weighted by atomic mass is 10.3. The monoisotopic (exact) mass is 333 g/mol. The minimum atomic E-state index is -0.801. The van der Waals surface area contributed by atoms with Crippen LogP contribution in [0.3, 0.4) is 0 Å². The lowest BCUT2D eigenvalue weighted by Crippen LogP contribution is -2.41. The Bertz CT molecular complexity index is 551. The minimum absolute atomic E-state index is 0.0487. The molecule has 0 aromatic carbocycles. The van der Waals surface area contributed by atoms with Crippen LogP contribution in [0.2, 0.25) is 10.2 Å². The predicted octanol–water partition coefficient (Wildman–Crippen LogP) is 1.78. The first kappa shape index (κ1) is 17.2. The normalized spacial score (nSPS) is 9.86. The zero-order valence-electron chi connectivity index (χ0n) is 11.1. The van der Waals surface area contributed by atoms with Crippen molar-refractivity contribution in [2.24, 2.45) is 0 Å². The summed E-state index contributed by atoms with van der Waals surface area (Å²) in [5, 5.41) is 4.60. The van der Waals surface area contributed by atoms with Gasteiger partial charge >= 0.3 is 12.0 Å². The number of rotatable bonds is 5. The van der Waals surface area contributed by atoms with E-state index < -0.39 is 24.5 Å². The van der Waals surface area contributed by atoms with Crippen LogP contribution in [0.4, 0.5) is 4.79 Å². The Kier molecular flexibility index (Phi) is 6.90. The third kappa shape index (κ3) is 5.97. The van der Waals surface area contributed by atoms with Crippen molar-refractivity contribution < 1.29 is 19.1 Å². The van der Waals surface area contributed by atoms with Gasteiger partial charge in [0, 0.05) is 12.7 Å². The van der Waals surface area contributed by atoms with Crippen LogP contribution in [0.5, 0.6) is 0 Å². The van der Waals surface area contributed by atoms with Crippen LogP contribution in [0.15, 0.2) is 12.3 Å². The van der Waals surface area contributed by atoms with Crippen molar-refractivity contribution in [1.29, 1.82) is 0 Å².